The molecule has 1 aromatic carbocycles. The van der Waals surface area contributed by atoms with Gasteiger partial charge in [0.05, 0.1) is 5.52 Å². The molecule has 1 aromatic heterocycles. The number of amides is 4. The summed E-state index contributed by atoms with van der Waals surface area (Å²) in [7, 11) is 1.72. The van der Waals surface area contributed by atoms with Crippen LogP contribution in [0.25, 0.3) is 16.5 Å². The second kappa shape index (κ2) is 7.92. The molecule has 4 amide bonds. The Hall–Kier alpha value is -3.43. The molecule has 0 radical (unpaired) electrons. The van der Waals surface area contributed by atoms with Gasteiger partial charge in [-0.1, -0.05) is 6.08 Å². The van der Waals surface area contributed by atoms with Crippen molar-refractivity contribution in [1.82, 2.24) is 20.0 Å². The highest BCUT2D eigenvalue weighted by Gasteiger charge is 2.29. The van der Waals surface area contributed by atoms with Crippen LogP contribution in [0.3, 0.4) is 0 Å². The van der Waals surface area contributed by atoms with E-state index < -0.39 is 23.5 Å². The summed E-state index contributed by atoms with van der Waals surface area (Å²) in [6.07, 6.45) is 2.09. The van der Waals surface area contributed by atoms with E-state index in [1.165, 1.54) is 11.0 Å². The van der Waals surface area contributed by atoms with Crippen LogP contribution < -0.4 is 10.2 Å². The van der Waals surface area contributed by atoms with Crippen molar-refractivity contribution in [3.8, 4) is 0 Å². The third-order valence-electron chi connectivity index (χ3n) is 5.44. The summed E-state index contributed by atoms with van der Waals surface area (Å²) in [6, 6.07) is 2.52. The highest BCUT2D eigenvalue weighted by atomic mass is 19.1. The number of carbonyl (C=O) groups is 3. The number of anilines is 1. The molecule has 32 heavy (non-hydrogen) atoms. The average Bonchev–Trinajstić information content (AvgIpc) is 3.01. The number of hydrogen-bond acceptors (Lipinski definition) is 5. The van der Waals surface area contributed by atoms with Crippen LogP contribution >= 0.6 is 0 Å². The van der Waals surface area contributed by atoms with E-state index in [1.807, 2.05) is 26.8 Å². The van der Waals surface area contributed by atoms with Crippen LogP contribution in [-0.2, 0) is 16.6 Å². The fourth-order valence-corrected chi connectivity index (χ4v) is 3.88. The third kappa shape index (κ3) is 4.17. The van der Waals surface area contributed by atoms with Crippen LogP contribution in [0.4, 0.5) is 19.8 Å². The first kappa shape index (κ1) is 21.8. The number of imide groups is 1. The Bertz CT molecular complexity index is 1150. The molecule has 0 bridgehead atoms. The Kier molecular flexibility index (Phi) is 5.39. The first-order chi connectivity index (χ1) is 15.0. The molecule has 0 saturated carbocycles. The number of ether oxygens (including phenoxy) is 1. The first-order valence-electron chi connectivity index (χ1n) is 10.5. The number of nitrogens with one attached hydrogen (secondary N) is 1. The molecule has 4 rings (SSSR count). The maximum atomic E-state index is 15.1. The second-order valence-corrected chi connectivity index (χ2v) is 8.96. The van der Waals surface area contributed by atoms with Crippen molar-refractivity contribution in [3.05, 3.63) is 29.6 Å². The molecular formula is C22H26FN5O4. The molecule has 0 atom stereocenters. The number of urea groups is 1. The summed E-state index contributed by atoms with van der Waals surface area (Å²) >= 11 is 0. The van der Waals surface area contributed by atoms with Crippen LogP contribution in [0, 0.1) is 5.82 Å². The van der Waals surface area contributed by atoms with Crippen LogP contribution in [0.5, 0.6) is 0 Å². The number of aryl methyl sites for hydroxylation is 1. The van der Waals surface area contributed by atoms with Gasteiger partial charge in [-0.3, -0.25) is 19.7 Å². The fourth-order valence-electron chi connectivity index (χ4n) is 3.88. The Morgan fingerprint density at radius 3 is 2.56 bits per heavy atom. The van der Waals surface area contributed by atoms with E-state index in [1.54, 1.807) is 22.7 Å². The zero-order valence-electron chi connectivity index (χ0n) is 18.6. The van der Waals surface area contributed by atoms with Crippen LogP contribution in [0.1, 0.15) is 39.2 Å². The third-order valence-corrected chi connectivity index (χ3v) is 5.44. The van der Waals surface area contributed by atoms with Crippen LogP contribution in [0.15, 0.2) is 18.2 Å². The Morgan fingerprint density at radius 2 is 1.94 bits per heavy atom. The Morgan fingerprint density at radius 1 is 1.19 bits per heavy atom. The maximum Gasteiger partial charge on any atom is 0.410 e. The van der Waals surface area contributed by atoms with Crippen molar-refractivity contribution >= 4 is 40.3 Å². The molecule has 0 spiro atoms. The average molecular weight is 443 g/mol. The highest BCUT2D eigenvalue weighted by Crippen LogP contribution is 2.33. The van der Waals surface area contributed by atoms with E-state index in [2.05, 4.69) is 10.4 Å². The molecule has 1 N–H and O–H groups in total. The number of aromatic nitrogens is 2. The Balaban J connectivity index is 1.61. The lowest BCUT2D eigenvalue weighted by Crippen LogP contribution is -2.49. The highest BCUT2D eigenvalue weighted by molar-refractivity contribution is 6.09. The van der Waals surface area contributed by atoms with Gasteiger partial charge in [-0.05, 0) is 44.9 Å². The van der Waals surface area contributed by atoms with E-state index in [0.717, 1.165) is 5.57 Å². The van der Waals surface area contributed by atoms with Crippen molar-refractivity contribution in [3.63, 3.8) is 0 Å². The summed E-state index contributed by atoms with van der Waals surface area (Å²) in [5, 5.41) is 7.15. The number of benzene rings is 1. The lowest BCUT2D eigenvalue weighted by Gasteiger charge is -2.29. The number of fused-ring (bicyclic) bond motifs is 1. The van der Waals surface area contributed by atoms with Gasteiger partial charge in [0, 0.05) is 44.1 Å². The predicted molar refractivity (Wildman–Crippen MR) is 117 cm³/mol. The predicted octanol–water partition coefficient (Wildman–Crippen LogP) is 3.18. The summed E-state index contributed by atoms with van der Waals surface area (Å²) in [5.41, 5.74) is 1.33. The minimum Gasteiger partial charge on any atom is -0.444 e. The number of halogens is 1. The van der Waals surface area contributed by atoms with Gasteiger partial charge in [0.1, 0.15) is 11.4 Å². The standard InChI is InChI=1S/C22H26FN5O4/c1-22(2,3)32-21(31)27-8-5-13(6-9-27)14-12-17-15(11-16(14)23)19(25-26(17)4)28-10-7-18(29)24-20(28)30/h5,11-12H,6-10H2,1-4H3,(H,24,29,30). The molecule has 170 valence electrons. The minimum absolute atomic E-state index is 0.158. The topological polar surface area (TPSA) is 96.8 Å². The molecule has 1 saturated heterocycles. The number of nitrogens with zero attached hydrogens (tertiary/aromatic N) is 4. The van der Waals surface area contributed by atoms with Gasteiger partial charge < -0.3 is 9.64 Å². The van der Waals surface area contributed by atoms with Crippen molar-refractivity contribution in [2.45, 2.75) is 39.2 Å². The summed E-state index contributed by atoms with van der Waals surface area (Å²) in [4.78, 5) is 38.9. The number of hydrogen-bond donors (Lipinski definition) is 1. The second-order valence-electron chi connectivity index (χ2n) is 8.96. The van der Waals surface area contributed by atoms with Crippen LogP contribution in [0.2, 0.25) is 0 Å². The van der Waals surface area contributed by atoms with Crippen molar-refractivity contribution in [2.24, 2.45) is 7.05 Å². The summed E-state index contributed by atoms with van der Waals surface area (Å²) in [6.45, 7) is 6.39. The SMILES string of the molecule is Cn1nc(N2CCC(=O)NC2=O)c2cc(F)c(C3=CCN(C(=O)OC(C)(C)C)CC3)cc21. The van der Waals surface area contributed by atoms with E-state index in [0.29, 0.717) is 41.8 Å². The van der Waals surface area contributed by atoms with Gasteiger partial charge in [-0.2, -0.15) is 5.10 Å². The summed E-state index contributed by atoms with van der Waals surface area (Å²) < 4.78 is 22.1. The van der Waals surface area contributed by atoms with E-state index in [-0.39, 0.29) is 18.9 Å². The molecule has 2 aliphatic heterocycles. The van der Waals surface area contributed by atoms with Gasteiger partial charge in [-0.15, -0.1) is 0 Å². The van der Waals surface area contributed by atoms with E-state index >= 15 is 4.39 Å². The molecular weight excluding hydrogens is 417 g/mol. The van der Waals surface area contributed by atoms with Gasteiger partial charge in [0.25, 0.3) is 0 Å². The quantitative estimate of drug-likeness (QED) is 0.769. The lowest BCUT2D eigenvalue weighted by molar-refractivity contribution is -0.120. The zero-order valence-corrected chi connectivity index (χ0v) is 18.6. The molecule has 0 unspecified atom stereocenters. The summed E-state index contributed by atoms with van der Waals surface area (Å²) in [5.74, 6) is -0.464. The van der Waals surface area contributed by atoms with Gasteiger partial charge in [0.2, 0.25) is 5.91 Å². The van der Waals surface area contributed by atoms with Gasteiger partial charge in [0.15, 0.2) is 5.82 Å². The lowest BCUT2D eigenvalue weighted by atomic mass is 9.98. The van der Waals surface area contributed by atoms with Gasteiger partial charge >= 0.3 is 12.1 Å². The minimum atomic E-state index is -0.575. The monoisotopic (exact) mass is 443 g/mol. The zero-order chi connectivity index (χ0) is 23.2. The smallest absolute Gasteiger partial charge is 0.410 e. The number of rotatable bonds is 2. The van der Waals surface area contributed by atoms with Crippen molar-refractivity contribution in [2.75, 3.05) is 24.5 Å². The molecule has 9 nitrogen and oxygen atoms in total. The maximum absolute atomic E-state index is 15.1. The van der Waals surface area contributed by atoms with Gasteiger partial charge in [-0.25, -0.2) is 14.0 Å². The Labute approximate surface area is 184 Å². The van der Waals surface area contributed by atoms with Crippen molar-refractivity contribution in [1.29, 1.82) is 0 Å². The molecule has 0 aliphatic carbocycles. The molecule has 3 heterocycles. The largest absolute Gasteiger partial charge is 0.444 e. The fraction of sp³-hybridized carbons (Fsp3) is 0.455. The number of carbonyl (C=O) groups excluding carboxylic acids is 3. The molecule has 2 aliphatic rings. The first-order valence-corrected chi connectivity index (χ1v) is 10.5. The van der Waals surface area contributed by atoms with E-state index in [9.17, 15) is 14.4 Å². The van der Waals surface area contributed by atoms with E-state index in [4.69, 9.17) is 4.74 Å². The normalized spacial score (nSPS) is 17.5. The van der Waals surface area contributed by atoms with Crippen LogP contribution in [-0.4, -0.2) is 57.9 Å². The van der Waals surface area contributed by atoms with Crippen molar-refractivity contribution < 1.29 is 23.5 Å². The molecule has 2 aromatic rings. The molecule has 1 fully saturated rings. The molecule has 10 heteroatoms.